The normalized spacial score (nSPS) is 19.2. The fourth-order valence-electron chi connectivity index (χ4n) is 1.69. The van der Waals surface area contributed by atoms with Gasteiger partial charge in [0.05, 0.1) is 18.7 Å². The monoisotopic (exact) mass is 197 g/mol. The third kappa shape index (κ3) is 1.36. The van der Waals surface area contributed by atoms with Gasteiger partial charge in [-0.15, -0.1) is 0 Å². The van der Waals surface area contributed by atoms with Crippen molar-refractivity contribution < 1.29 is 14.0 Å². The highest BCUT2D eigenvalue weighted by molar-refractivity contribution is 5.46. The molecule has 2 rings (SSSR count). The second kappa shape index (κ2) is 3.55. The zero-order valence-corrected chi connectivity index (χ0v) is 8.13. The maximum Gasteiger partial charge on any atom is 0.131 e. The molecule has 0 radical (unpaired) electrons. The lowest BCUT2D eigenvalue weighted by molar-refractivity contribution is 0.0528. The molecular formula is C10H12FNO2. The zero-order valence-electron chi connectivity index (χ0n) is 8.13. The van der Waals surface area contributed by atoms with Gasteiger partial charge in [-0.1, -0.05) is 6.07 Å². The minimum Gasteiger partial charge on any atom is -0.491 e. The Labute approximate surface area is 81.8 Å². The number of nitrogens with one attached hydrogen (secondary N) is 1. The standard InChI is InChI=1S/C10H12FNO2/c1-6-3-4-7(11)9-8(12-13-2)5-14-10(6)9/h3-4,8,12H,5H2,1-2H3. The molecule has 76 valence electrons. The maximum atomic E-state index is 13.5. The molecule has 1 aromatic rings. The number of fused-ring (bicyclic) bond motifs is 1. The minimum absolute atomic E-state index is 0.213. The van der Waals surface area contributed by atoms with E-state index in [4.69, 9.17) is 9.57 Å². The number of hydrogen-bond donors (Lipinski definition) is 1. The van der Waals surface area contributed by atoms with E-state index in [1.165, 1.54) is 13.2 Å². The predicted octanol–water partition coefficient (Wildman–Crippen LogP) is 1.72. The van der Waals surface area contributed by atoms with Crippen LogP contribution in [-0.2, 0) is 4.84 Å². The van der Waals surface area contributed by atoms with Crippen LogP contribution in [0.15, 0.2) is 12.1 Å². The number of halogens is 1. The molecule has 0 saturated heterocycles. The number of ether oxygens (including phenoxy) is 1. The largest absolute Gasteiger partial charge is 0.491 e. The van der Waals surface area contributed by atoms with Gasteiger partial charge < -0.3 is 9.57 Å². The Balaban J connectivity index is 2.42. The van der Waals surface area contributed by atoms with Crippen LogP contribution in [0, 0.1) is 12.7 Å². The Morgan fingerprint density at radius 3 is 3.07 bits per heavy atom. The van der Waals surface area contributed by atoms with E-state index in [9.17, 15) is 4.39 Å². The van der Waals surface area contributed by atoms with E-state index >= 15 is 0 Å². The van der Waals surface area contributed by atoms with Gasteiger partial charge >= 0.3 is 0 Å². The van der Waals surface area contributed by atoms with E-state index in [1.807, 2.05) is 6.92 Å². The van der Waals surface area contributed by atoms with Crippen LogP contribution < -0.4 is 10.2 Å². The van der Waals surface area contributed by atoms with Crippen molar-refractivity contribution in [1.82, 2.24) is 5.48 Å². The highest BCUT2D eigenvalue weighted by Crippen LogP contribution is 2.36. The number of aryl methyl sites for hydroxylation is 1. The molecule has 1 aliphatic heterocycles. The van der Waals surface area contributed by atoms with Gasteiger partial charge in [-0.3, -0.25) is 0 Å². The van der Waals surface area contributed by atoms with Gasteiger partial charge in [-0.25, -0.2) is 4.39 Å². The molecule has 0 aromatic heterocycles. The van der Waals surface area contributed by atoms with Crippen molar-refractivity contribution in [3.8, 4) is 5.75 Å². The molecule has 0 saturated carbocycles. The molecule has 0 aliphatic carbocycles. The lowest BCUT2D eigenvalue weighted by Crippen LogP contribution is -2.21. The zero-order chi connectivity index (χ0) is 10.1. The fraction of sp³-hybridized carbons (Fsp3) is 0.400. The molecular weight excluding hydrogens is 185 g/mol. The smallest absolute Gasteiger partial charge is 0.131 e. The number of benzene rings is 1. The summed E-state index contributed by atoms with van der Waals surface area (Å²) in [5.41, 5.74) is 4.21. The van der Waals surface area contributed by atoms with Crippen LogP contribution in [0.1, 0.15) is 17.2 Å². The molecule has 1 aliphatic rings. The summed E-state index contributed by atoms with van der Waals surface area (Å²) in [6, 6.07) is 2.95. The Morgan fingerprint density at radius 1 is 1.57 bits per heavy atom. The van der Waals surface area contributed by atoms with E-state index in [1.54, 1.807) is 6.07 Å². The minimum atomic E-state index is -0.252. The first kappa shape index (κ1) is 9.43. The Bertz CT molecular complexity index is 354. The van der Waals surface area contributed by atoms with Gasteiger partial charge in [0.2, 0.25) is 0 Å². The van der Waals surface area contributed by atoms with Crippen LogP contribution >= 0.6 is 0 Å². The lowest BCUT2D eigenvalue weighted by Gasteiger charge is -2.09. The predicted molar refractivity (Wildman–Crippen MR) is 49.5 cm³/mol. The van der Waals surface area contributed by atoms with Crippen LogP contribution in [0.3, 0.4) is 0 Å². The SMILES string of the molecule is CONC1COc2c(C)ccc(F)c21. The molecule has 14 heavy (non-hydrogen) atoms. The van der Waals surface area contributed by atoms with Gasteiger partial charge in [-0.05, 0) is 18.6 Å². The van der Waals surface area contributed by atoms with E-state index in [0.717, 1.165) is 5.56 Å². The average molecular weight is 197 g/mol. The second-order valence-electron chi connectivity index (χ2n) is 3.29. The summed E-state index contributed by atoms with van der Waals surface area (Å²) in [4.78, 5) is 4.78. The Kier molecular flexibility index (Phi) is 2.39. The Hall–Kier alpha value is -1.13. The van der Waals surface area contributed by atoms with Gasteiger partial charge in [0.25, 0.3) is 0 Å². The van der Waals surface area contributed by atoms with Crippen molar-refractivity contribution in [2.45, 2.75) is 13.0 Å². The third-order valence-electron chi connectivity index (χ3n) is 2.34. The van der Waals surface area contributed by atoms with Gasteiger partial charge in [0, 0.05) is 0 Å². The van der Waals surface area contributed by atoms with Crippen molar-refractivity contribution in [3.05, 3.63) is 29.1 Å². The first-order valence-corrected chi connectivity index (χ1v) is 4.44. The van der Waals surface area contributed by atoms with Crippen molar-refractivity contribution in [1.29, 1.82) is 0 Å². The van der Waals surface area contributed by atoms with Crippen LogP contribution in [0.25, 0.3) is 0 Å². The molecule has 1 aromatic carbocycles. The van der Waals surface area contributed by atoms with Crippen molar-refractivity contribution in [3.63, 3.8) is 0 Å². The summed E-state index contributed by atoms with van der Waals surface area (Å²) in [6.45, 7) is 2.30. The Morgan fingerprint density at radius 2 is 2.36 bits per heavy atom. The van der Waals surface area contributed by atoms with Gasteiger partial charge in [0.1, 0.15) is 18.2 Å². The number of hydrogen-bond acceptors (Lipinski definition) is 3. The topological polar surface area (TPSA) is 30.5 Å². The summed E-state index contributed by atoms with van der Waals surface area (Å²) in [5.74, 6) is 0.386. The van der Waals surface area contributed by atoms with Gasteiger partial charge in [-0.2, -0.15) is 5.48 Å². The molecule has 1 unspecified atom stereocenters. The molecule has 0 fully saturated rings. The quantitative estimate of drug-likeness (QED) is 0.732. The summed E-state index contributed by atoms with van der Waals surface area (Å²) in [6.07, 6.45) is 0. The first-order valence-electron chi connectivity index (χ1n) is 4.44. The molecule has 4 heteroatoms. The van der Waals surface area contributed by atoms with Crippen LogP contribution in [0.5, 0.6) is 5.75 Å². The average Bonchev–Trinajstić information content (AvgIpc) is 2.58. The van der Waals surface area contributed by atoms with E-state index < -0.39 is 0 Å². The van der Waals surface area contributed by atoms with Gasteiger partial charge in [0.15, 0.2) is 0 Å². The van der Waals surface area contributed by atoms with Crippen LogP contribution in [0.2, 0.25) is 0 Å². The molecule has 0 bridgehead atoms. The number of rotatable bonds is 2. The summed E-state index contributed by atoms with van der Waals surface area (Å²) in [7, 11) is 1.51. The van der Waals surface area contributed by atoms with E-state index in [0.29, 0.717) is 17.9 Å². The van der Waals surface area contributed by atoms with Crippen molar-refractivity contribution >= 4 is 0 Å². The summed E-state index contributed by atoms with van der Waals surface area (Å²) < 4.78 is 18.9. The van der Waals surface area contributed by atoms with E-state index in [-0.39, 0.29) is 11.9 Å². The fourth-order valence-corrected chi connectivity index (χ4v) is 1.69. The third-order valence-corrected chi connectivity index (χ3v) is 2.34. The molecule has 0 spiro atoms. The molecule has 3 nitrogen and oxygen atoms in total. The summed E-state index contributed by atoms with van der Waals surface area (Å²) >= 11 is 0. The highest BCUT2D eigenvalue weighted by Gasteiger charge is 2.28. The summed E-state index contributed by atoms with van der Waals surface area (Å²) in [5, 5.41) is 0. The van der Waals surface area contributed by atoms with Crippen LogP contribution in [0.4, 0.5) is 4.39 Å². The van der Waals surface area contributed by atoms with E-state index in [2.05, 4.69) is 5.48 Å². The van der Waals surface area contributed by atoms with Crippen LogP contribution in [-0.4, -0.2) is 13.7 Å². The second-order valence-corrected chi connectivity index (χ2v) is 3.29. The highest BCUT2D eigenvalue weighted by atomic mass is 19.1. The molecule has 1 atom stereocenters. The molecule has 1 heterocycles. The molecule has 1 N–H and O–H groups in total. The molecule has 0 amide bonds. The maximum absolute atomic E-state index is 13.5. The lowest BCUT2D eigenvalue weighted by atomic mass is 10.1. The number of hydroxylamine groups is 1. The first-order chi connectivity index (χ1) is 6.74. The van der Waals surface area contributed by atoms with Crippen molar-refractivity contribution in [2.24, 2.45) is 0 Å². The van der Waals surface area contributed by atoms with Crippen molar-refractivity contribution in [2.75, 3.05) is 13.7 Å².